The minimum Gasteiger partial charge on any atom is -0.484 e. The van der Waals surface area contributed by atoms with Crippen LogP contribution < -0.4 is 10.1 Å². The van der Waals surface area contributed by atoms with Gasteiger partial charge in [-0.25, -0.2) is 0 Å². The molecule has 0 bridgehead atoms. The van der Waals surface area contributed by atoms with Crippen LogP contribution in [0.4, 0.5) is 5.69 Å². The second-order valence-electron chi connectivity index (χ2n) is 6.39. The van der Waals surface area contributed by atoms with E-state index in [1.807, 2.05) is 61.5 Å². The predicted molar refractivity (Wildman–Crippen MR) is 101 cm³/mol. The molecule has 2 aromatic carbocycles. The van der Waals surface area contributed by atoms with Crippen LogP contribution >= 0.6 is 0 Å². The van der Waals surface area contributed by atoms with Gasteiger partial charge in [-0.15, -0.1) is 0 Å². The molecule has 4 nitrogen and oxygen atoms in total. The lowest BCUT2D eigenvalue weighted by molar-refractivity contribution is -0.118. The maximum absolute atomic E-state index is 12.2. The first-order chi connectivity index (χ1) is 12.0. The molecule has 4 heteroatoms. The molecule has 0 aliphatic rings. The molecule has 0 saturated heterocycles. The van der Waals surface area contributed by atoms with Crippen molar-refractivity contribution < 1.29 is 9.53 Å². The minimum atomic E-state index is -0.194. The third-order valence-corrected chi connectivity index (χ3v) is 4.06. The van der Waals surface area contributed by atoms with Gasteiger partial charge in [-0.05, 0) is 54.8 Å². The number of pyridine rings is 1. The third kappa shape index (κ3) is 4.15. The van der Waals surface area contributed by atoms with Gasteiger partial charge in [0.15, 0.2) is 6.61 Å². The number of rotatable bonds is 5. The second kappa shape index (κ2) is 7.34. The van der Waals surface area contributed by atoms with Crippen LogP contribution in [-0.4, -0.2) is 17.5 Å². The van der Waals surface area contributed by atoms with Gasteiger partial charge in [0.1, 0.15) is 5.75 Å². The number of nitrogens with one attached hydrogen (secondary N) is 1. The Labute approximate surface area is 147 Å². The highest BCUT2D eigenvalue weighted by Crippen LogP contribution is 2.22. The van der Waals surface area contributed by atoms with E-state index in [0.29, 0.717) is 11.7 Å². The van der Waals surface area contributed by atoms with E-state index in [0.717, 1.165) is 22.3 Å². The summed E-state index contributed by atoms with van der Waals surface area (Å²) in [7, 11) is 0. The average molecular weight is 334 g/mol. The van der Waals surface area contributed by atoms with E-state index in [9.17, 15) is 4.79 Å². The molecule has 1 N–H and O–H groups in total. The van der Waals surface area contributed by atoms with Crippen LogP contribution in [0.1, 0.15) is 31.0 Å². The number of amides is 1. The van der Waals surface area contributed by atoms with E-state index in [1.54, 1.807) is 0 Å². The summed E-state index contributed by atoms with van der Waals surface area (Å²) in [5.74, 6) is 0.969. The molecule has 25 heavy (non-hydrogen) atoms. The lowest BCUT2D eigenvalue weighted by atomic mass is 10.0. The van der Waals surface area contributed by atoms with E-state index < -0.39 is 0 Å². The molecule has 0 fully saturated rings. The number of fused-ring (bicyclic) bond motifs is 1. The molecule has 1 aromatic heterocycles. The Hall–Kier alpha value is -2.88. The van der Waals surface area contributed by atoms with Crippen LogP contribution in [0.5, 0.6) is 5.75 Å². The molecule has 0 atom stereocenters. The predicted octanol–water partition coefficient (Wildman–Crippen LogP) is 4.68. The molecule has 0 aliphatic carbocycles. The summed E-state index contributed by atoms with van der Waals surface area (Å²) in [6, 6.07) is 17.4. The van der Waals surface area contributed by atoms with Gasteiger partial charge >= 0.3 is 0 Å². The van der Waals surface area contributed by atoms with Crippen molar-refractivity contribution in [3.8, 4) is 5.75 Å². The first kappa shape index (κ1) is 17.0. The summed E-state index contributed by atoms with van der Waals surface area (Å²) in [6.45, 7) is 6.20. The fourth-order valence-corrected chi connectivity index (χ4v) is 2.65. The molecule has 1 amide bonds. The Kier molecular flexibility index (Phi) is 4.98. The smallest absolute Gasteiger partial charge is 0.262 e. The lowest BCUT2D eigenvalue weighted by Crippen LogP contribution is -2.20. The number of hydrogen-bond donors (Lipinski definition) is 1. The normalized spacial score (nSPS) is 10.9. The van der Waals surface area contributed by atoms with Crippen molar-refractivity contribution in [2.75, 3.05) is 11.9 Å². The van der Waals surface area contributed by atoms with E-state index in [1.165, 1.54) is 5.56 Å². The summed E-state index contributed by atoms with van der Waals surface area (Å²) in [5, 5.41) is 3.82. The number of aromatic nitrogens is 1. The topological polar surface area (TPSA) is 51.2 Å². The quantitative estimate of drug-likeness (QED) is 0.737. The molecule has 3 rings (SSSR count). The first-order valence-corrected chi connectivity index (χ1v) is 8.42. The molecular weight excluding hydrogens is 312 g/mol. The fourth-order valence-electron chi connectivity index (χ4n) is 2.65. The number of carbonyl (C=O) groups excluding carboxylic acids is 1. The summed E-state index contributed by atoms with van der Waals surface area (Å²) in [6.07, 6.45) is 0. The van der Waals surface area contributed by atoms with E-state index in [4.69, 9.17) is 4.74 Å². The molecule has 3 aromatic rings. The van der Waals surface area contributed by atoms with Gasteiger partial charge in [0.05, 0.1) is 11.2 Å². The largest absolute Gasteiger partial charge is 0.484 e. The number of carbonyl (C=O) groups is 1. The Balaban J connectivity index is 1.65. The number of hydrogen-bond acceptors (Lipinski definition) is 3. The van der Waals surface area contributed by atoms with Crippen molar-refractivity contribution in [3.63, 3.8) is 0 Å². The van der Waals surface area contributed by atoms with Crippen LogP contribution in [0.3, 0.4) is 0 Å². The van der Waals surface area contributed by atoms with Gasteiger partial charge in [-0.1, -0.05) is 32.0 Å². The van der Waals surface area contributed by atoms with Crippen molar-refractivity contribution in [2.24, 2.45) is 0 Å². The molecular formula is C21H22N2O2. The molecule has 0 spiro atoms. The van der Waals surface area contributed by atoms with Crippen LogP contribution in [0.15, 0.2) is 54.6 Å². The zero-order chi connectivity index (χ0) is 17.8. The number of nitrogens with zero attached hydrogens (tertiary/aromatic N) is 1. The Morgan fingerprint density at radius 1 is 1.08 bits per heavy atom. The number of ether oxygens (including phenoxy) is 1. The fraction of sp³-hybridized carbons (Fsp3) is 0.238. The van der Waals surface area contributed by atoms with Gasteiger partial charge < -0.3 is 10.1 Å². The van der Waals surface area contributed by atoms with Crippen LogP contribution in [-0.2, 0) is 4.79 Å². The van der Waals surface area contributed by atoms with Gasteiger partial charge in [0.2, 0.25) is 0 Å². The maximum atomic E-state index is 12.2. The van der Waals surface area contributed by atoms with E-state index in [-0.39, 0.29) is 12.5 Å². The zero-order valence-electron chi connectivity index (χ0n) is 14.7. The van der Waals surface area contributed by atoms with Crippen molar-refractivity contribution >= 4 is 22.5 Å². The monoisotopic (exact) mass is 334 g/mol. The molecule has 0 saturated carbocycles. The molecule has 1 heterocycles. The number of anilines is 1. The average Bonchev–Trinajstić information content (AvgIpc) is 2.60. The lowest BCUT2D eigenvalue weighted by Gasteiger charge is -2.11. The van der Waals surface area contributed by atoms with Crippen LogP contribution in [0.25, 0.3) is 10.9 Å². The highest BCUT2D eigenvalue weighted by atomic mass is 16.5. The van der Waals surface area contributed by atoms with Crippen molar-refractivity contribution in [1.82, 2.24) is 4.98 Å². The molecule has 0 unspecified atom stereocenters. The van der Waals surface area contributed by atoms with E-state index >= 15 is 0 Å². The summed E-state index contributed by atoms with van der Waals surface area (Å²) in [4.78, 5) is 16.7. The van der Waals surface area contributed by atoms with Gasteiger partial charge in [0.25, 0.3) is 5.91 Å². The summed E-state index contributed by atoms with van der Waals surface area (Å²) >= 11 is 0. The zero-order valence-corrected chi connectivity index (χ0v) is 14.7. The summed E-state index contributed by atoms with van der Waals surface area (Å²) in [5.41, 5.74) is 3.80. The Morgan fingerprint density at radius 3 is 2.56 bits per heavy atom. The summed E-state index contributed by atoms with van der Waals surface area (Å²) < 4.78 is 5.58. The highest BCUT2D eigenvalue weighted by Gasteiger charge is 2.08. The molecule has 128 valence electrons. The van der Waals surface area contributed by atoms with Gasteiger partial charge in [-0.2, -0.15) is 0 Å². The number of benzene rings is 2. The van der Waals surface area contributed by atoms with Crippen LogP contribution in [0.2, 0.25) is 0 Å². The second-order valence-corrected chi connectivity index (χ2v) is 6.39. The molecule has 0 aliphatic heterocycles. The number of aryl methyl sites for hydroxylation is 1. The Bertz CT molecular complexity index is 886. The van der Waals surface area contributed by atoms with E-state index in [2.05, 4.69) is 24.1 Å². The minimum absolute atomic E-state index is 0.0310. The third-order valence-electron chi connectivity index (χ3n) is 4.06. The standard InChI is InChI=1S/C21H22N2O2/c1-14(2)16-8-10-17(11-9-16)25-13-21(24)23-20-6-4-5-19-18(20)12-7-15(3)22-19/h4-12,14H,13H2,1-3H3,(H,23,24). The van der Waals surface area contributed by atoms with Crippen LogP contribution in [0, 0.1) is 6.92 Å². The van der Waals surface area contributed by atoms with Crippen molar-refractivity contribution in [2.45, 2.75) is 26.7 Å². The van der Waals surface area contributed by atoms with Crippen molar-refractivity contribution in [3.05, 3.63) is 65.9 Å². The van der Waals surface area contributed by atoms with Crippen molar-refractivity contribution in [1.29, 1.82) is 0 Å². The SMILES string of the molecule is Cc1ccc2c(NC(=O)COc3ccc(C(C)C)cc3)cccc2n1. The molecule has 0 radical (unpaired) electrons. The highest BCUT2D eigenvalue weighted by molar-refractivity contribution is 6.01. The maximum Gasteiger partial charge on any atom is 0.262 e. The first-order valence-electron chi connectivity index (χ1n) is 8.42. The Morgan fingerprint density at radius 2 is 1.84 bits per heavy atom. The van der Waals surface area contributed by atoms with Gasteiger partial charge in [-0.3, -0.25) is 9.78 Å². The van der Waals surface area contributed by atoms with Gasteiger partial charge in [0, 0.05) is 11.1 Å².